The van der Waals surface area contributed by atoms with Crippen molar-refractivity contribution in [2.45, 2.75) is 32.1 Å². The van der Waals surface area contributed by atoms with Crippen molar-refractivity contribution >= 4 is 24.7 Å². The number of benzene rings is 2. The summed E-state index contributed by atoms with van der Waals surface area (Å²) in [6, 6.07) is 21.9. The van der Waals surface area contributed by atoms with E-state index in [1.165, 1.54) is 42.7 Å². The molecule has 0 heterocycles. The Labute approximate surface area is 141 Å². The van der Waals surface area contributed by atoms with Gasteiger partial charge in [-0.15, -0.1) is 0 Å². The van der Waals surface area contributed by atoms with Gasteiger partial charge in [-0.1, -0.05) is 79.9 Å². The van der Waals surface area contributed by atoms with Gasteiger partial charge in [-0.05, 0) is 43.5 Å². The van der Waals surface area contributed by atoms with Crippen LogP contribution in [0.5, 0.6) is 0 Å². The van der Waals surface area contributed by atoms with Gasteiger partial charge in [0.2, 0.25) is 0 Å². The van der Waals surface area contributed by atoms with E-state index in [4.69, 9.17) is 4.99 Å². The standard InChI is InChI=1S/C21H26NP/c1-4-10-19(11-5-1)18-22-16-17-23(20-12-6-2-7-13-20)21-14-8-3-9-15-21/h2-3,6-9,12-15,18-19H,1,4-5,10-11,16-17H2/b22-18+. The lowest BCUT2D eigenvalue weighted by Crippen LogP contribution is -2.15. The molecule has 1 saturated carbocycles. The van der Waals surface area contributed by atoms with E-state index in [0.717, 1.165) is 18.6 Å². The second kappa shape index (κ2) is 8.99. The molecule has 2 aromatic carbocycles. The van der Waals surface area contributed by atoms with Crippen molar-refractivity contribution in [2.75, 3.05) is 12.7 Å². The Morgan fingerprint density at radius 3 is 1.96 bits per heavy atom. The van der Waals surface area contributed by atoms with Crippen molar-refractivity contribution in [3.05, 3.63) is 60.7 Å². The predicted molar refractivity (Wildman–Crippen MR) is 104 cm³/mol. The van der Waals surface area contributed by atoms with E-state index < -0.39 is 0 Å². The molecule has 2 heteroatoms. The second-order valence-corrected chi connectivity index (χ2v) is 8.61. The number of hydrogen-bond donors (Lipinski definition) is 0. The molecule has 0 unspecified atom stereocenters. The fourth-order valence-electron chi connectivity index (χ4n) is 3.29. The highest BCUT2D eigenvalue weighted by molar-refractivity contribution is 7.73. The quantitative estimate of drug-likeness (QED) is 0.536. The molecule has 0 aromatic heterocycles. The summed E-state index contributed by atoms with van der Waals surface area (Å²) < 4.78 is 0. The van der Waals surface area contributed by atoms with Crippen molar-refractivity contribution in [1.29, 1.82) is 0 Å². The van der Waals surface area contributed by atoms with Crippen LogP contribution in [0, 0.1) is 5.92 Å². The number of hydrogen-bond acceptors (Lipinski definition) is 1. The molecule has 0 saturated heterocycles. The van der Waals surface area contributed by atoms with Crippen LogP contribution in [0.15, 0.2) is 65.7 Å². The first-order valence-corrected chi connectivity index (χ1v) is 10.3. The minimum absolute atomic E-state index is 0.294. The summed E-state index contributed by atoms with van der Waals surface area (Å²) in [5.41, 5.74) is 0. The SMILES string of the molecule is C(=N\CCP(c1ccccc1)c1ccccc1)/C1CCCCC1. The maximum Gasteiger partial charge on any atom is 0.0430 e. The maximum absolute atomic E-state index is 4.78. The molecule has 0 atom stereocenters. The first-order chi connectivity index (χ1) is 11.4. The summed E-state index contributed by atoms with van der Waals surface area (Å²) in [5.74, 6) is 0.739. The van der Waals surface area contributed by atoms with E-state index in [1.54, 1.807) is 0 Å². The Bertz CT molecular complexity index is 548. The summed E-state index contributed by atoms with van der Waals surface area (Å²) in [4.78, 5) is 4.78. The van der Waals surface area contributed by atoms with Gasteiger partial charge in [0.1, 0.15) is 0 Å². The van der Waals surface area contributed by atoms with Gasteiger partial charge in [0.05, 0.1) is 0 Å². The van der Waals surface area contributed by atoms with Crippen LogP contribution in [0.1, 0.15) is 32.1 Å². The third-order valence-electron chi connectivity index (χ3n) is 4.55. The molecule has 0 radical (unpaired) electrons. The number of nitrogens with zero attached hydrogens (tertiary/aromatic N) is 1. The van der Waals surface area contributed by atoms with E-state index in [2.05, 4.69) is 66.9 Å². The smallest absolute Gasteiger partial charge is 0.0430 e. The second-order valence-electron chi connectivity index (χ2n) is 6.28. The van der Waals surface area contributed by atoms with Crippen LogP contribution in [0.4, 0.5) is 0 Å². The Kier molecular flexibility index (Phi) is 6.41. The lowest BCUT2D eigenvalue weighted by molar-refractivity contribution is 0.444. The average Bonchev–Trinajstić information content (AvgIpc) is 2.64. The van der Waals surface area contributed by atoms with E-state index in [-0.39, 0.29) is 7.92 Å². The summed E-state index contributed by atoms with van der Waals surface area (Å²) in [6.45, 7) is 0.950. The fraction of sp³-hybridized carbons (Fsp3) is 0.381. The van der Waals surface area contributed by atoms with Gasteiger partial charge in [-0.25, -0.2) is 0 Å². The largest absolute Gasteiger partial charge is 0.297 e. The molecule has 0 bridgehead atoms. The van der Waals surface area contributed by atoms with Crippen LogP contribution in [-0.2, 0) is 0 Å². The van der Waals surface area contributed by atoms with Gasteiger partial charge in [0.15, 0.2) is 0 Å². The first-order valence-electron chi connectivity index (χ1n) is 8.81. The maximum atomic E-state index is 4.78. The minimum Gasteiger partial charge on any atom is -0.297 e. The van der Waals surface area contributed by atoms with Gasteiger partial charge in [0.25, 0.3) is 0 Å². The Morgan fingerprint density at radius 2 is 1.39 bits per heavy atom. The molecule has 0 N–H and O–H groups in total. The van der Waals surface area contributed by atoms with Crippen molar-refractivity contribution < 1.29 is 0 Å². The molecule has 1 aliphatic rings. The van der Waals surface area contributed by atoms with Crippen LogP contribution in [0.25, 0.3) is 0 Å². The lowest BCUT2D eigenvalue weighted by Gasteiger charge is -2.19. The van der Waals surface area contributed by atoms with Crippen LogP contribution < -0.4 is 10.6 Å². The Hall–Kier alpha value is -1.46. The normalized spacial score (nSPS) is 16.2. The summed E-state index contributed by atoms with van der Waals surface area (Å²) in [6.07, 6.45) is 10.3. The molecule has 2 aromatic rings. The van der Waals surface area contributed by atoms with Crippen molar-refractivity contribution in [2.24, 2.45) is 10.9 Å². The predicted octanol–water partition coefficient (Wildman–Crippen LogP) is 4.77. The third kappa shape index (κ3) is 5.01. The van der Waals surface area contributed by atoms with Crippen molar-refractivity contribution in [3.63, 3.8) is 0 Å². The van der Waals surface area contributed by atoms with E-state index in [9.17, 15) is 0 Å². The summed E-state index contributed by atoms with van der Waals surface area (Å²) >= 11 is 0. The molecule has 0 amide bonds. The topological polar surface area (TPSA) is 12.4 Å². The molecule has 3 rings (SSSR count). The Morgan fingerprint density at radius 1 is 0.826 bits per heavy atom. The first kappa shape index (κ1) is 16.4. The number of aliphatic imine (C=N–C) groups is 1. The molecule has 1 nitrogen and oxygen atoms in total. The van der Waals surface area contributed by atoms with Crippen molar-refractivity contribution in [3.8, 4) is 0 Å². The zero-order chi connectivity index (χ0) is 15.7. The molecule has 120 valence electrons. The van der Waals surface area contributed by atoms with E-state index in [0.29, 0.717) is 0 Å². The highest BCUT2D eigenvalue weighted by atomic mass is 31.1. The summed E-state index contributed by atoms with van der Waals surface area (Å²) in [5, 5.41) is 2.92. The molecule has 1 fully saturated rings. The monoisotopic (exact) mass is 323 g/mol. The molecule has 0 aliphatic heterocycles. The zero-order valence-corrected chi connectivity index (χ0v) is 14.7. The van der Waals surface area contributed by atoms with E-state index >= 15 is 0 Å². The van der Waals surface area contributed by atoms with Crippen molar-refractivity contribution in [1.82, 2.24) is 0 Å². The highest BCUT2D eigenvalue weighted by Crippen LogP contribution is 2.33. The van der Waals surface area contributed by atoms with Gasteiger partial charge < -0.3 is 0 Å². The highest BCUT2D eigenvalue weighted by Gasteiger charge is 2.13. The molecule has 0 spiro atoms. The van der Waals surface area contributed by atoms with E-state index in [1.807, 2.05) is 0 Å². The Balaban J connectivity index is 1.63. The van der Waals surface area contributed by atoms with Gasteiger partial charge in [-0.3, -0.25) is 4.99 Å². The van der Waals surface area contributed by atoms with Gasteiger partial charge >= 0.3 is 0 Å². The molecule has 23 heavy (non-hydrogen) atoms. The van der Waals surface area contributed by atoms with Gasteiger partial charge in [0, 0.05) is 12.8 Å². The number of rotatable bonds is 6. The van der Waals surface area contributed by atoms with Crippen LogP contribution in [0.3, 0.4) is 0 Å². The molecular formula is C21H26NP. The molecule has 1 aliphatic carbocycles. The average molecular weight is 323 g/mol. The fourth-order valence-corrected chi connectivity index (χ4v) is 5.48. The van der Waals surface area contributed by atoms with Crippen LogP contribution >= 0.6 is 7.92 Å². The minimum atomic E-state index is -0.294. The summed E-state index contributed by atoms with van der Waals surface area (Å²) in [7, 11) is -0.294. The third-order valence-corrected chi connectivity index (χ3v) is 7.04. The van der Waals surface area contributed by atoms with Crippen LogP contribution in [0.2, 0.25) is 0 Å². The lowest BCUT2D eigenvalue weighted by atomic mass is 9.90. The molecular weight excluding hydrogens is 297 g/mol. The van der Waals surface area contributed by atoms with Crippen LogP contribution in [-0.4, -0.2) is 18.9 Å². The van der Waals surface area contributed by atoms with Gasteiger partial charge in [-0.2, -0.15) is 0 Å². The zero-order valence-electron chi connectivity index (χ0n) is 13.8.